The maximum absolute atomic E-state index is 13.4. The third-order valence-electron chi connectivity index (χ3n) is 11.8. The van der Waals surface area contributed by atoms with E-state index in [0.717, 1.165) is 83.9 Å². The zero-order chi connectivity index (χ0) is 43.9. The largest absolute Gasteiger partial charge is 0.340 e. The van der Waals surface area contributed by atoms with Crippen molar-refractivity contribution in [2.75, 3.05) is 36.8 Å². The van der Waals surface area contributed by atoms with Gasteiger partial charge in [-0.15, -0.1) is 0 Å². The first-order valence-electron chi connectivity index (χ1n) is 21.5. The van der Waals surface area contributed by atoms with Gasteiger partial charge >= 0.3 is 0 Å². The van der Waals surface area contributed by atoms with E-state index in [-0.39, 0.29) is 24.7 Å². The predicted octanol–water partition coefficient (Wildman–Crippen LogP) is 6.08. The first-order chi connectivity index (χ1) is 30.6. The van der Waals surface area contributed by atoms with Crippen LogP contribution in [-0.2, 0) is 27.3 Å². The van der Waals surface area contributed by atoms with Crippen molar-refractivity contribution in [3.05, 3.63) is 131 Å². The number of aryl methyl sites for hydroxylation is 2. The summed E-state index contributed by atoms with van der Waals surface area (Å²) in [5.74, 6) is -1.63. The van der Waals surface area contributed by atoms with E-state index >= 15 is 0 Å². The summed E-state index contributed by atoms with van der Waals surface area (Å²) < 4.78 is 0. The van der Waals surface area contributed by atoms with E-state index in [2.05, 4.69) is 35.8 Å². The monoisotopic (exact) mass is 847 g/mol. The van der Waals surface area contributed by atoms with E-state index in [0.29, 0.717) is 54.3 Å². The van der Waals surface area contributed by atoms with Crippen LogP contribution >= 0.6 is 0 Å². The molecule has 3 N–H and O–H groups in total. The third-order valence-corrected chi connectivity index (χ3v) is 11.8. The van der Waals surface area contributed by atoms with E-state index in [1.54, 1.807) is 30.7 Å². The number of nitrogens with one attached hydrogen (secondary N) is 3. The van der Waals surface area contributed by atoms with Crippen molar-refractivity contribution in [2.24, 2.45) is 0 Å². The van der Waals surface area contributed by atoms with Gasteiger partial charge in [-0.3, -0.25) is 48.9 Å². The zero-order valence-corrected chi connectivity index (χ0v) is 35.1. The number of piperidine rings is 1. The van der Waals surface area contributed by atoms with Crippen LogP contribution in [-0.4, -0.2) is 97.3 Å². The van der Waals surface area contributed by atoms with Gasteiger partial charge in [-0.25, -0.2) is 9.97 Å². The molecule has 6 amide bonds. The van der Waals surface area contributed by atoms with Crippen LogP contribution in [0.3, 0.4) is 0 Å². The lowest BCUT2D eigenvalue weighted by molar-refractivity contribution is -0.136. The second-order valence-electron chi connectivity index (χ2n) is 16.2. The number of imide groups is 2. The highest BCUT2D eigenvalue weighted by atomic mass is 16.2. The molecule has 0 saturated carbocycles. The minimum absolute atomic E-state index is 0.0789. The van der Waals surface area contributed by atoms with Crippen LogP contribution in [0.4, 0.5) is 17.3 Å². The average Bonchev–Trinajstić information content (AvgIpc) is 3.55. The Balaban J connectivity index is 0.739. The van der Waals surface area contributed by atoms with Crippen LogP contribution in [0, 0.1) is 6.92 Å². The van der Waals surface area contributed by atoms with Gasteiger partial charge in [0.15, 0.2) is 0 Å². The van der Waals surface area contributed by atoms with Crippen LogP contribution in [0.1, 0.15) is 92.7 Å². The number of nitrogens with zero attached hydrogens (tertiary/aromatic N) is 6. The summed E-state index contributed by atoms with van der Waals surface area (Å²) in [6, 6.07) is 23.1. The summed E-state index contributed by atoms with van der Waals surface area (Å²) in [5.41, 5.74) is 7.07. The number of hydrogen-bond donors (Lipinski definition) is 3. The number of anilines is 3. The van der Waals surface area contributed by atoms with E-state index < -0.39 is 29.7 Å². The van der Waals surface area contributed by atoms with Gasteiger partial charge in [0.1, 0.15) is 6.04 Å². The lowest BCUT2D eigenvalue weighted by atomic mass is 9.97. The molecule has 2 saturated heterocycles. The molecule has 1 atom stereocenters. The number of carbonyl (C=O) groups is 6. The molecule has 5 aromatic rings. The molecular weight excluding hydrogens is 799 g/mol. The standard InChI is InChI=1S/C48H49N9O6/c1-31-13-18-36(28-39(31)53-48-50-23-21-38(52-48)35-10-7-22-49-29-35)51-44(60)34-16-14-32(15-17-34)30-55-24-26-56(27-25-55)42(59)12-5-3-2-4-8-33-9-6-11-37-43(33)47(63)57(46(37)62)40-19-20-41(58)54-45(40)61/h6-7,9-11,13-18,21-23,28-29,40H,2-5,8,12,19-20,24-27,30H2,1H3,(H,51,60)(H,50,52,53)(H,54,58,61). The van der Waals surface area contributed by atoms with Gasteiger partial charge < -0.3 is 15.5 Å². The predicted molar refractivity (Wildman–Crippen MR) is 236 cm³/mol. The van der Waals surface area contributed by atoms with E-state index in [1.807, 2.05) is 78.6 Å². The van der Waals surface area contributed by atoms with Gasteiger partial charge in [-0.05, 0) is 97.8 Å². The third kappa shape index (κ3) is 10.00. The lowest BCUT2D eigenvalue weighted by Crippen LogP contribution is -2.54. The van der Waals surface area contributed by atoms with Crippen molar-refractivity contribution in [3.63, 3.8) is 0 Å². The number of carbonyl (C=O) groups excluding carboxylic acids is 6. The Kier molecular flexibility index (Phi) is 13.0. The Morgan fingerprint density at radius 2 is 1.65 bits per heavy atom. The Bertz CT molecular complexity index is 2540. The van der Waals surface area contributed by atoms with Crippen molar-refractivity contribution < 1.29 is 28.8 Å². The number of amides is 6. The number of fused-ring (bicyclic) bond motifs is 1. The molecule has 15 nitrogen and oxygen atoms in total. The molecule has 1 unspecified atom stereocenters. The Morgan fingerprint density at radius 3 is 2.43 bits per heavy atom. The summed E-state index contributed by atoms with van der Waals surface area (Å²) in [6.07, 6.45) is 9.74. The molecule has 15 heteroatoms. The van der Waals surface area contributed by atoms with Crippen LogP contribution in [0.25, 0.3) is 11.3 Å². The Hall–Kier alpha value is -7.13. The number of pyridine rings is 1. The van der Waals surface area contributed by atoms with Gasteiger partial charge in [0, 0.05) is 86.7 Å². The van der Waals surface area contributed by atoms with Gasteiger partial charge in [-0.1, -0.05) is 43.2 Å². The first kappa shape index (κ1) is 42.6. The second-order valence-corrected chi connectivity index (χ2v) is 16.2. The fraction of sp³-hybridized carbons (Fsp3) is 0.312. The smallest absolute Gasteiger partial charge is 0.262 e. The fourth-order valence-corrected chi connectivity index (χ4v) is 8.32. The molecule has 0 spiro atoms. The van der Waals surface area contributed by atoms with Crippen molar-refractivity contribution in [1.29, 1.82) is 0 Å². The highest BCUT2D eigenvalue weighted by Crippen LogP contribution is 2.31. The fourth-order valence-electron chi connectivity index (χ4n) is 8.32. The molecule has 322 valence electrons. The molecule has 0 bridgehead atoms. The maximum Gasteiger partial charge on any atom is 0.262 e. The maximum atomic E-state index is 13.4. The minimum Gasteiger partial charge on any atom is -0.340 e. The number of hydrogen-bond acceptors (Lipinski definition) is 11. The van der Waals surface area contributed by atoms with E-state index in [1.165, 1.54) is 0 Å². The van der Waals surface area contributed by atoms with Gasteiger partial charge in [0.25, 0.3) is 17.7 Å². The minimum atomic E-state index is -0.987. The molecule has 0 aliphatic carbocycles. The number of benzene rings is 3. The molecule has 63 heavy (non-hydrogen) atoms. The normalized spacial score (nSPS) is 16.5. The summed E-state index contributed by atoms with van der Waals surface area (Å²) in [7, 11) is 0. The number of piperazine rings is 1. The first-order valence-corrected chi connectivity index (χ1v) is 21.5. The summed E-state index contributed by atoms with van der Waals surface area (Å²) >= 11 is 0. The number of aromatic nitrogens is 3. The topological polar surface area (TPSA) is 187 Å². The molecule has 2 aromatic heterocycles. The summed E-state index contributed by atoms with van der Waals surface area (Å²) in [6.45, 7) is 5.55. The molecule has 3 aromatic carbocycles. The van der Waals surface area contributed by atoms with Crippen molar-refractivity contribution in [2.45, 2.75) is 70.9 Å². The van der Waals surface area contributed by atoms with Crippen LogP contribution in [0.15, 0.2) is 97.5 Å². The van der Waals surface area contributed by atoms with Crippen LogP contribution < -0.4 is 16.0 Å². The summed E-state index contributed by atoms with van der Waals surface area (Å²) in [5, 5.41) is 8.52. The lowest BCUT2D eigenvalue weighted by Gasteiger charge is -2.35. The quantitative estimate of drug-likeness (QED) is 0.0819. The molecule has 0 radical (unpaired) electrons. The molecule has 8 rings (SSSR count). The molecular formula is C48H49N9O6. The van der Waals surface area contributed by atoms with Gasteiger partial charge in [0.2, 0.25) is 23.7 Å². The highest BCUT2D eigenvalue weighted by Gasteiger charge is 2.45. The number of unbranched alkanes of at least 4 members (excludes halogenated alkanes) is 3. The molecule has 5 heterocycles. The Morgan fingerprint density at radius 1 is 0.841 bits per heavy atom. The van der Waals surface area contributed by atoms with E-state index in [4.69, 9.17) is 0 Å². The SMILES string of the molecule is Cc1ccc(NC(=O)c2ccc(CN3CCN(C(=O)CCCCCCc4cccc5c4C(=O)N(C4CCC(=O)NC4=O)C5=O)CC3)cc2)cc1Nc1nccc(-c2cccnc2)n1. The average molecular weight is 848 g/mol. The van der Waals surface area contributed by atoms with Crippen LogP contribution in [0.5, 0.6) is 0 Å². The zero-order valence-electron chi connectivity index (χ0n) is 35.1. The molecule has 3 aliphatic rings. The van der Waals surface area contributed by atoms with Crippen molar-refractivity contribution in [3.8, 4) is 11.3 Å². The van der Waals surface area contributed by atoms with Gasteiger partial charge in [-0.2, -0.15) is 0 Å². The van der Waals surface area contributed by atoms with E-state index in [9.17, 15) is 28.8 Å². The van der Waals surface area contributed by atoms with Crippen molar-refractivity contribution in [1.82, 2.24) is 35.0 Å². The molecule has 2 fully saturated rings. The van der Waals surface area contributed by atoms with Crippen LogP contribution in [0.2, 0.25) is 0 Å². The number of rotatable bonds is 15. The molecule has 3 aliphatic heterocycles. The Labute approximate surface area is 365 Å². The summed E-state index contributed by atoms with van der Waals surface area (Å²) in [4.78, 5) is 95.3. The van der Waals surface area contributed by atoms with Crippen molar-refractivity contribution >= 4 is 52.8 Å². The van der Waals surface area contributed by atoms with Gasteiger partial charge in [0.05, 0.1) is 16.8 Å². The highest BCUT2D eigenvalue weighted by molar-refractivity contribution is 6.24. The second kappa shape index (κ2) is 19.3.